The molecule has 1 nitrogen and oxygen atoms in total. The Balaban J connectivity index is 2.56. The van der Waals surface area contributed by atoms with Gasteiger partial charge in [-0.3, -0.25) is 4.90 Å². The Labute approximate surface area is 99.5 Å². The summed E-state index contributed by atoms with van der Waals surface area (Å²) in [6.07, 6.45) is 7.47. The number of aryl methyl sites for hydroxylation is 1. The molecule has 0 aliphatic rings. The lowest BCUT2D eigenvalue weighted by Crippen LogP contribution is -2.31. The third-order valence-electron chi connectivity index (χ3n) is 3.06. The summed E-state index contributed by atoms with van der Waals surface area (Å²) < 4.78 is 0. The van der Waals surface area contributed by atoms with Crippen molar-refractivity contribution < 1.29 is 0 Å². The van der Waals surface area contributed by atoms with Crippen molar-refractivity contribution in [2.24, 2.45) is 0 Å². The van der Waals surface area contributed by atoms with Crippen LogP contribution < -0.4 is 0 Å². The molecule has 1 heteroatoms. The Morgan fingerprint density at radius 3 is 2.31 bits per heavy atom. The number of hydrogen-bond acceptors (Lipinski definition) is 1. The highest BCUT2D eigenvalue weighted by Gasteiger charge is 2.08. The zero-order valence-corrected chi connectivity index (χ0v) is 10.5. The third kappa shape index (κ3) is 3.72. The Kier molecular flexibility index (Phi) is 5.08. The highest BCUT2D eigenvalue weighted by Crippen LogP contribution is 2.09. The first-order valence-corrected chi connectivity index (χ1v) is 5.89. The van der Waals surface area contributed by atoms with E-state index >= 15 is 0 Å². The zero-order valence-electron chi connectivity index (χ0n) is 10.5. The molecule has 1 aromatic carbocycles. The Hall–Kier alpha value is -1.26. The van der Waals surface area contributed by atoms with Crippen LogP contribution in [-0.4, -0.2) is 24.5 Å². The molecule has 0 radical (unpaired) electrons. The van der Waals surface area contributed by atoms with Crippen LogP contribution in [0.25, 0.3) is 0 Å². The van der Waals surface area contributed by atoms with Crippen molar-refractivity contribution in [2.75, 3.05) is 13.6 Å². The van der Waals surface area contributed by atoms with E-state index in [1.165, 1.54) is 11.1 Å². The van der Waals surface area contributed by atoms with Crippen molar-refractivity contribution in [3.05, 3.63) is 35.4 Å². The first-order valence-electron chi connectivity index (χ1n) is 5.89. The number of hydrogen-bond donors (Lipinski definition) is 0. The molecule has 0 aromatic heterocycles. The lowest BCUT2D eigenvalue weighted by molar-refractivity contribution is 0.287. The van der Waals surface area contributed by atoms with Crippen molar-refractivity contribution in [3.63, 3.8) is 0 Å². The van der Waals surface area contributed by atoms with Crippen molar-refractivity contribution in [1.29, 1.82) is 0 Å². The van der Waals surface area contributed by atoms with Crippen LogP contribution in [0.4, 0.5) is 0 Å². The predicted octanol–water partition coefficient (Wildman–Crippen LogP) is 2.75. The number of terminal acetylenes is 1. The number of likely N-dealkylation sites (N-methyl/N-ethyl adjacent to an activating group) is 1. The molecule has 0 bridgehead atoms. The highest BCUT2D eigenvalue weighted by molar-refractivity contribution is 5.23. The van der Waals surface area contributed by atoms with Crippen LogP contribution in [0.15, 0.2) is 24.3 Å². The van der Waals surface area contributed by atoms with Crippen molar-refractivity contribution >= 4 is 0 Å². The molecular weight excluding hydrogens is 194 g/mol. The molecule has 0 spiro atoms. The van der Waals surface area contributed by atoms with E-state index in [9.17, 15) is 0 Å². The van der Waals surface area contributed by atoms with Crippen molar-refractivity contribution in [2.45, 2.75) is 32.7 Å². The monoisotopic (exact) mass is 215 g/mol. The van der Waals surface area contributed by atoms with Crippen LogP contribution in [0, 0.1) is 12.3 Å². The molecule has 0 aliphatic carbocycles. The molecule has 16 heavy (non-hydrogen) atoms. The van der Waals surface area contributed by atoms with Gasteiger partial charge >= 0.3 is 0 Å². The quantitative estimate of drug-likeness (QED) is 0.683. The van der Waals surface area contributed by atoms with Crippen molar-refractivity contribution in [3.8, 4) is 12.3 Å². The average Bonchev–Trinajstić information content (AvgIpc) is 2.30. The van der Waals surface area contributed by atoms with Crippen LogP contribution >= 0.6 is 0 Å². The van der Waals surface area contributed by atoms with E-state index in [4.69, 9.17) is 6.42 Å². The predicted molar refractivity (Wildman–Crippen MR) is 70.4 cm³/mol. The van der Waals surface area contributed by atoms with Crippen LogP contribution in [0.5, 0.6) is 0 Å². The molecule has 1 rings (SSSR count). The summed E-state index contributed by atoms with van der Waals surface area (Å²) in [7, 11) is 2.07. The molecule has 1 aromatic rings. The Morgan fingerprint density at radius 1 is 1.25 bits per heavy atom. The van der Waals surface area contributed by atoms with Gasteiger partial charge in [-0.2, -0.15) is 0 Å². The van der Waals surface area contributed by atoms with Gasteiger partial charge in [0.1, 0.15) is 0 Å². The average molecular weight is 215 g/mol. The van der Waals surface area contributed by atoms with E-state index in [1.54, 1.807) is 0 Å². The molecular formula is C15H21N. The SMILES string of the molecule is C#CCN(C)C(C)Cc1ccc(CC)cc1. The maximum Gasteiger partial charge on any atom is 0.0598 e. The number of benzene rings is 1. The fraction of sp³-hybridized carbons (Fsp3) is 0.467. The van der Waals surface area contributed by atoms with Gasteiger partial charge in [0.05, 0.1) is 6.54 Å². The molecule has 0 amide bonds. The number of nitrogens with zero attached hydrogens (tertiary/aromatic N) is 1. The maximum atomic E-state index is 5.31. The fourth-order valence-electron chi connectivity index (χ4n) is 1.71. The van der Waals surface area contributed by atoms with E-state index in [0.717, 1.165) is 12.8 Å². The van der Waals surface area contributed by atoms with Crippen molar-refractivity contribution in [1.82, 2.24) is 4.90 Å². The van der Waals surface area contributed by atoms with Gasteiger partial charge in [-0.25, -0.2) is 0 Å². The molecule has 0 N–H and O–H groups in total. The van der Waals surface area contributed by atoms with Gasteiger partial charge in [0.15, 0.2) is 0 Å². The zero-order chi connectivity index (χ0) is 12.0. The molecule has 0 saturated carbocycles. The van der Waals surface area contributed by atoms with Gasteiger partial charge in [-0.1, -0.05) is 37.1 Å². The normalized spacial score (nSPS) is 12.4. The summed E-state index contributed by atoms with van der Waals surface area (Å²) >= 11 is 0. The van der Waals surface area contributed by atoms with E-state index < -0.39 is 0 Å². The summed E-state index contributed by atoms with van der Waals surface area (Å²) in [5.41, 5.74) is 2.78. The Morgan fingerprint density at radius 2 is 1.81 bits per heavy atom. The van der Waals surface area contributed by atoms with Gasteiger partial charge in [-0.15, -0.1) is 6.42 Å². The smallest absolute Gasteiger partial charge is 0.0598 e. The first kappa shape index (κ1) is 12.8. The largest absolute Gasteiger partial charge is 0.292 e. The second-order valence-corrected chi connectivity index (χ2v) is 4.34. The molecule has 0 saturated heterocycles. The second-order valence-electron chi connectivity index (χ2n) is 4.34. The summed E-state index contributed by atoms with van der Waals surface area (Å²) in [6, 6.07) is 9.36. The van der Waals surface area contributed by atoms with Crippen LogP contribution in [-0.2, 0) is 12.8 Å². The topological polar surface area (TPSA) is 3.24 Å². The van der Waals surface area contributed by atoms with Gasteiger partial charge < -0.3 is 0 Å². The maximum absolute atomic E-state index is 5.31. The highest BCUT2D eigenvalue weighted by atomic mass is 15.1. The minimum atomic E-state index is 0.489. The second kappa shape index (κ2) is 6.35. The molecule has 1 unspecified atom stereocenters. The van der Waals surface area contributed by atoms with Crippen LogP contribution in [0.1, 0.15) is 25.0 Å². The third-order valence-corrected chi connectivity index (χ3v) is 3.06. The van der Waals surface area contributed by atoms with Gasteiger partial charge in [0.25, 0.3) is 0 Å². The molecule has 0 heterocycles. The Bertz CT molecular complexity index is 345. The van der Waals surface area contributed by atoms with E-state index in [0.29, 0.717) is 12.6 Å². The summed E-state index contributed by atoms with van der Waals surface area (Å²) in [4.78, 5) is 2.20. The van der Waals surface area contributed by atoms with Gasteiger partial charge in [-0.05, 0) is 37.9 Å². The van der Waals surface area contributed by atoms with E-state index in [-0.39, 0.29) is 0 Å². The number of rotatable bonds is 5. The van der Waals surface area contributed by atoms with Gasteiger partial charge in [0, 0.05) is 6.04 Å². The first-order chi connectivity index (χ1) is 7.67. The van der Waals surface area contributed by atoms with Crippen LogP contribution in [0.2, 0.25) is 0 Å². The minimum absolute atomic E-state index is 0.489. The molecule has 1 atom stereocenters. The summed E-state index contributed by atoms with van der Waals surface area (Å²) in [5.74, 6) is 2.68. The molecule has 0 aliphatic heterocycles. The molecule has 0 fully saturated rings. The van der Waals surface area contributed by atoms with Gasteiger partial charge in [0.2, 0.25) is 0 Å². The summed E-state index contributed by atoms with van der Waals surface area (Å²) in [6.45, 7) is 5.11. The lowest BCUT2D eigenvalue weighted by Gasteiger charge is -2.22. The standard InChI is InChI=1S/C15H21N/c1-5-11-16(4)13(3)12-15-9-7-14(6-2)8-10-15/h1,7-10,13H,6,11-12H2,2-4H3. The summed E-state index contributed by atoms with van der Waals surface area (Å²) in [5, 5.41) is 0. The fourth-order valence-corrected chi connectivity index (χ4v) is 1.71. The molecule has 86 valence electrons. The van der Waals surface area contributed by atoms with E-state index in [2.05, 4.69) is 56.0 Å². The lowest BCUT2D eigenvalue weighted by atomic mass is 10.0. The van der Waals surface area contributed by atoms with Crippen LogP contribution in [0.3, 0.4) is 0 Å². The van der Waals surface area contributed by atoms with E-state index in [1.807, 2.05) is 0 Å². The minimum Gasteiger partial charge on any atom is -0.292 e.